The van der Waals surface area contributed by atoms with Crippen LogP contribution in [0.25, 0.3) is 16.3 Å². The molecule has 1 aliphatic rings. The van der Waals surface area contributed by atoms with Crippen LogP contribution < -0.4 is 0 Å². The van der Waals surface area contributed by atoms with Gasteiger partial charge in [0.15, 0.2) is 21.3 Å². The number of Topliss-reactive ketones (excluding diaryl/α,β-unsaturated/α-hetero) is 1. The quantitative estimate of drug-likeness (QED) is 0.246. The minimum absolute atomic E-state index is 0.00385. The highest BCUT2D eigenvalue weighted by molar-refractivity contribution is 7.91. The molecule has 0 bridgehead atoms. The van der Waals surface area contributed by atoms with E-state index in [-0.39, 0.29) is 52.1 Å². The minimum atomic E-state index is -3.34. The van der Waals surface area contributed by atoms with Gasteiger partial charge in [0.2, 0.25) is 0 Å². The Morgan fingerprint density at radius 2 is 1.62 bits per heavy atom. The van der Waals surface area contributed by atoms with Gasteiger partial charge in [0.25, 0.3) is 5.89 Å². The number of ketones is 1. The zero-order chi connectivity index (χ0) is 27.8. The summed E-state index contributed by atoms with van der Waals surface area (Å²) < 4.78 is 59.9. The lowest BCUT2D eigenvalue weighted by molar-refractivity contribution is -0.117. The maximum Gasteiger partial charge on any atom is 0.257 e. The molecular weight excluding hydrogens is 524 g/mol. The molecule has 0 atom stereocenters. The van der Waals surface area contributed by atoms with Crippen LogP contribution in [0.4, 0.5) is 14.5 Å². The van der Waals surface area contributed by atoms with E-state index < -0.39 is 26.9 Å². The Balaban J connectivity index is 1.32. The average Bonchev–Trinajstić information content (AvgIpc) is 3.54. The van der Waals surface area contributed by atoms with E-state index in [0.29, 0.717) is 29.7 Å². The predicted molar refractivity (Wildman–Crippen MR) is 139 cm³/mol. The van der Waals surface area contributed by atoms with Crippen LogP contribution in [0, 0.1) is 18.2 Å². The standard InChI is InChI=1S/C29H23F2N3O4S/c1-3-39(36,37)23-10-4-18(5-11-23)14-22(35)15-19-16-24(30)26(25(31)17-19)29(12-13-29)28-33-27(38-34-28)20-6-8-21(32-2)9-7-20/h4-11,16-17H,3,12-15H2,1H3. The van der Waals surface area contributed by atoms with Crippen molar-refractivity contribution in [1.82, 2.24) is 10.1 Å². The molecule has 0 radical (unpaired) electrons. The van der Waals surface area contributed by atoms with E-state index in [9.17, 15) is 13.2 Å². The molecule has 39 heavy (non-hydrogen) atoms. The van der Waals surface area contributed by atoms with Crippen molar-refractivity contribution in [1.29, 1.82) is 0 Å². The van der Waals surface area contributed by atoms with Crippen molar-refractivity contribution in [3.05, 3.63) is 106 Å². The fourth-order valence-electron chi connectivity index (χ4n) is 4.61. The van der Waals surface area contributed by atoms with E-state index in [1.165, 1.54) is 12.1 Å². The van der Waals surface area contributed by atoms with Crippen molar-refractivity contribution in [3.8, 4) is 11.5 Å². The largest absolute Gasteiger partial charge is 0.334 e. The molecule has 0 N–H and O–H groups in total. The Morgan fingerprint density at radius 1 is 1.00 bits per heavy atom. The number of carbonyl (C=O) groups excluding carboxylic acids is 1. The van der Waals surface area contributed by atoms with E-state index in [0.717, 1.165) is 12.1 Å². The number of sulfone groups is 1. The molecule has 1 heterocycles. The third kappa shape index (κ3) is 5.22. The normalized spacial score (nSPS) is 14.1. The number of carbonyl (C=O) groups is 1. The molecule has 0 aliphatic heterocycles. The van der Waals surface area contributed by atoms with E-state index in [1.54, 1.807) is 43.3 Å². The number of hydrogen-bond donors (Lipinski definition) is 0. The van der Waals surface area contributed by atoms with Crippen LogP contribution in [-0.4, -0.2) is 30.1 Å². The van der Waals surface area contributed by atoms with Gasteiger partial charge in [-0.05, 0) is 48.2 Å². The third-order valence-corrected chi connectivity index (χ3v) is 8.64. The van der Waals surface area contributed by atoms with Gasteiger partial charge < -0.3 is 4.52 Å². The summed E-state index contributed by atoms with van der Waals surface area (Å²) in [5, 5.41) is 4.00. The van der Waals surface area contributed by atoms with Gasteiger partial charge in [-0.15, -0.1) is 0 Å². The van der Waals surface area contributed by atoms with Crippen LogP contribution in [0.1, 0.15) is 42.3 Å². The highest BCUT2D eigenvalue weighted by atomic mass is 32.2. The number of benzene rings is 3. The Morgan fingerprint density at radius 3 is 2.18 bits per heavy atom. The highest BCUT2D eigenvalue weighted by Crippen LogP contribution is 2.54. The Bertz CT molecular complexity index is 1680. The summed E-state index contributed by atoms with van der Waals surface area (Å²) in [5.41, 5.74) is 0.667. The topological polar surface area (TPSA) is 94.5 Å². The maximum atomic E-state index is 15.3. The molecule has 4 aromatic rings. The first-order valence-corrected chi connectivity index (χ1v) is 13.9. The van der Waals surface area contributed by atoms with Gasteiger partial charge in [0.05, 0.1) is 22.6 Å². The van der Waals surface area contributed by atoms with Crippen LogP contribution >= 0.6 is 0 Å². The first-order chi connectivity index (χ1) is 18.6. The van der Waals surface area contributed by atoms with Gasteiger partial charge in [-0.2, -0.15) is 4.98 Å². The Labute approximate surface area is 224 Å². The van der Waals surface area contributed by atoms with Gasteiger partial charge in [-0.1, -0.05) is 48.5 Å². The molecule has 5 rings (SSSR count). The summed E-state index contributed by atoms with van der Waals surface area (Å²) in [5.74, 6) is -1.47. The van der Waals surface area contributed by atoms with Crippen molar-refractivity contribution < 1.29 is 26.5 Å². The second-order valence-electron chi connectivity index (χ2n) is 9.54. The summed E-state index contributed by atoms with van der Waals surface area (Å²) in [7, 11) is -3.34. The molecular formula is C29H23F2N3O4S. The zero-order valence-corrected chi connectivity index (χ0v) is 21.8. The van der Waals surface area contributed by atoms with Gasteiger partial charge in [0.1, 0.15) is 17.4 Å². The van der Waals surface area contributed by atoms with E-state index in [4.69, 9.17) is 11.1 Å². The monoisotopic (exact) mass is 547 g/mol. The van der Waals surface area contributed by atoms with Gasteiger partial charge >= 0.3 is 0 Å². The molecule has 0 spiro atoms. The number of nitrogens with zero attached hydrogens (tertiary/aromatic N) is 3. The molecule has 1 aliphatic carbocycles. The molecule has 1 aromatic heterocycles. The summed E-state index contributed by atoms with van der Waals surface area (Å²) in [6.45, 7) is 8.60. The lowest BCUT2D eigenvalue weighted by Crippen LogP contribution is -2.17. The summed E-state index contributed by atoms with van der Waals surface area (Å²) >= 11 is 0. The maximum absolute atomic E-state index is 15.3. The SMILES string of the molecule is [C-]#[N+]c1ccc(-c2nc(C3(c4c(F)cc(CC(=O)Cc5ccc(S(=O)(=O)CC)cc5)cc4F)CC3)no2)cc1. The average molecular weight is 548 g/mol. The molecule has 198 valence electrons. The molecule has 0 unspecified atom stereocenters. The van der Waals surface area contributed by atoms with Gasteiger partial charge in [-0.3, -0.25) is 4.79 Å². The predicted octanol–water partition coefficient (Wildman–Crippen LogP) is 5.79. The second kappa shape index (κ2) is 10.2. The Hall–Kier alpha value is -4.23. The van der Waals surface area contributed by atoms with Crippen LogP contribution in [0.2, 0.25) is 0 Å². The molecule has 10 heteroatoms. The summed E-state index contributed by atoms with van der Waals surface area (Å²) in [4.78, 5) is 20.5. The van der Waals surface area contributed by atoms with E-state index >= 15 is 8.78 Å². The van der Waals surface area contributed by atoms with E-state index in [1.807, 2.05) is 0 Å². The van der Waals surface area contributed by atoms with Crippen LogP contribution in [-0.2, 0) is 32.9 Å². The smallest absolute Gasteiger partial charge is 0.257 e. The van der Waals surface area contributed by atoms with Crippen LogP contribution in [0.3, 0.4) is 0 Å². The molecule has 0 saturated heterocycles. The third-order valence-electron chi connectivity index (χ3n) is 6.89. The Kier molecular flexibility index (Phi) is 6.87. The van der Waals surface area contributed by atoms with Crippen molar-refractivity contribution in [3.63, 3.8) is 0 Å². The summed E-state index contributed by atoms with van der Waals surface area (Å²) in [6, 6.07) is 14.9. The minimum Gasteiger partial charge on any atom is -0.334 e. The number of hydrogen-bond acceptors (Lipinski definition) is 6. The second-order valence-corrected chi connectivity index (χ2v) is 11.8. The lowest BCUT2D eigenvalue weighted by Gasteiger charge is -2.15. The number of halogens is 2. The fraction of sp³-hybridized carbons (Fsp3) is 0.241. The van der Waals surface area contributed by atoms with Crippen molar-refractivity contribution >= 4 is 21.3 Å². The van der Waals surface area contributed by atoms with Crippen molar-refractivity contribution in [2.24, 2.45) is 0 Å². The molecule has 0 amide bonds. The van der Waals surface area contributed by atoms with E-state index in [2.05, 4.69) is 15.0 Å². The fourth-order valence-corrected chi connectivity index (χ4v) is 5.49. The summed E-state index contributed by atoms with van der Waals surface area (Å²) in [6.07, 6.45) is 0.712. The lowest BCUT2D eigenvalue weighted by atomic mass is 9.91. The zero-order valence-electron chi connectivity index (χ0n) is 20.9. The van der Waals surface area contributed by atoms with Gasteiger partial charge in [-0.25, -0.2) is 22.0 Å². The molecule has 1 saturated carbocycles. The highest BCUT2D eigenvalue weighted by Gasteiger charge is 2.53. The first kappa shape index (κ1) is 26.4. The van der Waals surface area contributed by atoms with Crippen LogP contribution in [0.15, 0.2) is 70.1 Å². The number of aromatic nitrogens is 2. The van der Waals surface area contributed by atoms with Crippen LogP contribution in [0.5, 0.6) is 0 Å². The molecule has 7 nitrogen and oxygen atoms in total. The molecule has 3 aromatic carbocycles. The van der Waals surface area contributed by atoms with Crippen molar-refractivity contribution in [2.75, 3.05) is 5.75 Å². The number of rotatable bonds is 9. The molecule has 1 fully saturated rings. The first-order valence-electron chi connectivity index (χ1n) is 12.3. The van der Waals surface area contributed by atoms with Gasteiger partial charge in [0, 0.05) is 24.0 Å². The van der Waals surface area contributed by atoms with Crippen molar-refractivity contribution in [2.45, 2.75) is 42.9 Å².